The largest absolute Gasteiger partial charge is 0.494 e. The Labute approximate surface area is 318 Å². The van der Waals surface area contributed by atoms with Crippen LogP contribution in [-0.2, 0) is 27.9 Å². The third-order valence-corrected chi connectivity index (χ3v) is 10.8. The molecule has 6 rings (SSSR count). The number of nitrogens with zero attached hydrogens (tertiary/aromatic N) is 1. The van der Waals surface area contributed by atoms with E-state index in [1.165, 1.54) is 12.1 Å². The number of benzene rings is 3. The Morgan fingerprint density at radius 1 is 0.509 bits per heavy atom. The molecule has 0 aliphatic carbocycles. The summed E-state index contributed by atoms with van der Waals surface area (Å²) in [5, 5.41) is 13.7. The third-order valence-electron chi connectivity index (χ3n) is 10.8. The average Bonchev–Trinajstić information content (AvgIpc) is 3.55. The second-order valence-electron chi connectivity index (χ2n) is 16.2. The summed E-state index contributed by atoms with van der Waals surface area (Å²) in [6, 6.07) is 22.0. The number of nitro groups is 1. The van der Waals surface area contributed by atoms with Crippen LogP contribution in [0, 0.1) is 10.1 Å². The van der Waals surface area contributed by atoms with E-state index in [9.17, 15) is 10.1 Å². The predicted octanol–water partition coefficient (Wildman–Crippen LogP) is 6.52. The van der Waals surface area contributed by atoms with Gasteiger partial charge in [-0.1, -0.05) is 50.2 Å². The molecule has 288 valence electrons. The Morgan fingerprint density at radius 2 is 0.755 bits per heavy atom. The molecular formula is C39H60B3N3O8. The number of nitrogens with one attached hydrogen (secondary N) is 1. The summed E-state index contributed by atoms with van der Waals surface area (Å²) < 4.78 is 35.5. The van der Waals surface area contributed by atoms with Crippen LogP contribution in [0.1, 0.15) is 96.9 Å². The summed E-state index contributed by atoms with van der Waals surface area (Å²) in [4.78, 5) is 10.2. The monoisotopic (exact) mass is 731 g/mol. The van der Waals surface area contributed by atoms with E-state index in [0.717, 1.165) is 27.8 Å². The van der Waals surface area contributed by atoms with Crippen LogP contribution >= 0.6 is 0 Å². The summed E-state index contributed by atoms with van der Waals surface area (Å²) >= 11 is 0. The highest BCUT2D eigenvalue weighted by Gasteiger charge is 2.53. The van der Waals surface area contributed by atoms with Gasteiger partial charge in [0.25, 0.3) is 5.69 Å². The second-order valence-corrected chi connectivity index (χ2v) is 16.2. The SMILES string of the molecule is CC.CC1(C)OB(c2ccc(N)cc2)OC1(C)C.CC1(C)OB(c2ccc([N+](=O)[O-])cc2)OC1(C)C.CNc1ccc(B2OC(C)(C)C(C)(C)O2)cc1. The van der Waals surface area contributed by atoms with Gasteiger partial charge in [0, 0.05) is 30.6 Å². The molecule has 3 fully saturated rings. The smallest absolute Gasteiger partial charge is 0.399 e. The topological polar surface area (TPSA) is 137 Å². The lowest BCUT2D eigenvalue weighted by atomic mass is 9.79. The number of nitrogens with two attached hydrogens (primary N) is 1. The van der Waals surface area contributed by atoms with Crippen molar-refractivity contribution in [1.82, 2.24) is 0 Å². The van der Waals surface area contributed by atoms with Crippen LogP contribution < -0.4 is 27.4 Å². The average molecular weight is 731 g/mol. The minimum absolute atomic E-state index is 0.0651. The molecule has 3 heterocycles. The summed E-state index contributed by atoms with van der Waals surface area (Å²) in [5.41, 5.74) is 8.46. The maximum Gasteiger partial charge on any atom is 0.494 e. The van der Waals surface area contributed by atoms with E-state index in [-0.39, 0.29) is 42.3 Å². The Bertz CT molecular complexity index is 1600. The van der Waals surface area contributed by atoms with Gasteiger partial charge in [0.1, 0.15) is 0 Å². The highest BCUT2D eigenvalue weighted by Crippen LogP contribution is 2.38. The maximum atomic E-state index is 10.6. The Hall–Kier alpha value is -3.39. The molecule has 14 heteroatoms. The molecule has 0 atom stereocenters. The van der Waals surface area contributed by atoms with Crippen molar-refractivity contribution in [2.45, 2.75) is 131 Å². The molecule has 0 radical (unpaired) electrons. The minimum atomic E-state index is -0.476. The molecule has 0 amide bonds. The van der Waals surface area contributed by atoms with Crippen LogP contribution in [0.25, 0.3) is 0 Å². The fourth-order valence-corrected chi connectivity index (χ4v) is 5.15. The number of nitro benzene ring substituents is 1. The molecule has 3 saturated heterocycles. The zero-order chi connectivity index (χ0) is 40.2. The van der Waals surface area contributed by atoms with Gasteiger partial charge in [-0.25, -0.2) is 0 Å². The van der Waals surface area contributed by atoms with E-state index < -0.39 is 23.2 Å². The lowest BCUT2D eigenvalue weighted by molar-refractivity contribution is -0.384. The van der Waals surface area contributed by atoms with E-state index in [1.807, 2.05) is 125 Å². The molecule has 3 aromatic rings. The molecule has 0 spiro atoms. The van der Waals surface area contributed by atoms with Crippen molar-refractivity contribution in [2.24, 2.45) is 0 Å². The van der Waals surface area contributed by atoms with E-state index in [2.05, 4.69) is 33.0 Å². The van der Waals surface area contributed by atoms with Crippen LogP contribution in [0.15, 0.2) is 72.8 Å². The van der Waals surface area contributed by atoms with Gasteiger partial charge in [0.2, 0.25) is 0 Å². The van der Waals surface area contributed by atoms with Gasteiger partial charge in [-0.3, -0.25) is 10.1 Å². The summed E-state index contributed by atoms with van der Waals surface area (Å²) in [6.07, 6.45) is 0. The summed E-state index contributed by atoms with van der Waals surface area (Å²) in [5.74, 6) is 0. The van der Waals surface area contributed by atoms with Crippen molar-refractivity contribution in [3.63, 3.8) is 0 Å². The van der Waals surface area contributed by atoms with E-state index in [4.69, 9.17) is 33.7 Å². The van der Waals surface area contributed by atoms with E-state index in [1.54, 1.807) is 12.1 Å². The number of non-ortho nitro benzene ring substituents is 1. The standard InChI is InChI=1S/C13H20BNO2.C12H16BNO4.C12H18BNO2.C2H6/c1-12(2)13(3,4)17-14(16-12)10-6-8-11(15-5)9-7-10;1-11(2)12(3,4)18-13(17-11)9-5-7-10(8-6-9)14(15)16;1-11(2)12(3,4)16-13(15-11)9-5-7-10(14)8-6-9;1-2/h6-9,15H,1-5H3;5-8H,1-4H3;5-8H,14H2,1-4H3;1-2H3. The molecule has 0 aromatic heterocycles. The van der Waals surface area contributed by atoms with E-state index in [0.29, 0.717) is 0 Å². The molecule has 3 aliphatic rings. The van der Waals surface area contributed by atoms with Gasteiger partial charge < -0.3 is 39.0 Å². The molecule has 0 bridgehead atoms. The van der Waals surface area contributed by atoms with Gasteiger partial charge in [-0.15, -0.1) is 0 Å². The van der Waals surface area contributed by atoms with Crippen molar-refractivity contribution < 1.29 is 32.8 Å². The van der Waals surface area contributed by atoms with Crippen molar-refractivity contribution in [2.75, 3.05) is 18.1 Å². The van der Waals surface area contributed by atoms with Gasteiger partial charge >= 0.3 is 21.4 Å². The maximum absolute atomic E-state index is 10.6. The first-order valence-electron chi connectivity index (χ1n) is 18.3. The highest BCUT2D eigenvalue weighted by molar-refractivity contribution is 6.63. The molecule has 53 heavy (non-hydrogen) atoms. The van der Waals surface area contributed by atoms with Crippen LogP contribution in [0.4, 0.5) is 17.1 Å². The van der Waals surface area contributed by atoms with Crippen molar-refractivity contribution in [3.05, 3.63) is 82.9 Å². The van der Waals surface area contributed by atoms with Crippen molar-refractivity contribution >= 4 is 54.8 Å². The quantitative estimate of drug-likeness (QED) is 0.129. The molecular weight excluding hydrogens is 671 g/mol. The predicted molar refractivity (Wildman–Crippen MR) is 218 cm³/mol. The second kappa shape index (κ2) is 16.5. The number of hydrogen-bond donors (Lipinski definition) is 2. The van der Waals surface area contributed by atoms with Gasteiger partial charge in [-0.2, -0.15) is 0 Å². The molecule has 0 unspecified atom stereocenters. The fraction of sp³-hybridized carbons (Fsp3) is 0.538. The first kappa shape index (κ1) is 44.0. The Balaban J connectivity index is 0.000000209. The van der Waals surface area contributed by atoms with Gasteiger partial charge in [0.15, 0.2) is 0 Å². The first-order valence-corrected chi connectivity index (χ1v) is 18.3. The van der Waals surface area contributed by atoms with Crippen LogP contribution in [0.2, 0.25) is 0 Å². The zero-order valence-electron chi connectivity index (χ0n) is 34.5. The molecule has 3 aromatic carbocycles. The third kappa shape index (κ3) is 10.2. The summed E-state index contributed by atoms with van der Waals surface area (Å²) in [7, 11) is 0.858. The van der Waals surface area contributed by atoms with Gasteiger partial charge in [0.05, 0.1) is 38.5 Å². The summed E-state index contributed by atoms with van der Waals surface area (Å²) in [6.45, 7) is 28.3. The molecule has 0 saturated carbocycles. The Morgan fingerprint density at radius 3 is 1.00 bits per heavy atom. The molecule has 3 N–H and O–H groups in total. The van der Waals surface area contributed by atoms with Crippen LogP contribution in [0.3, 0.4) is 0 Å². The zero-order valence-corrected chi connectivity index (χ0v) is 34.5. The number of anilines is 2. The highest BCUT2D eigenvalue weighted by atomic mass is 16.7. The molecule has 11 nitrogen and oxygen atoms in total. The number of hydrogen-bond acceptors (Lipinski definition) is 10. The van der Waals surface area contributed by atoms with Crippen LogP contribution in [0.5, 0.6) is 0 Å². The fourth-order valence-electron chi connectivity index (χ4n) is 5.15. The van der Waals surface area contributed by atoms with Crippen molar-refractivity contribution in [1.29, 1.82) is 0 Å². The lowest BCUT2D eigenvalue weighted by Gasteiger charge is -2.32. The molecule has 3 aliphatic heterocycles. The number of nitrogen functional groups attached to an aromatic ring is 1. The minimum Gasteiger partial charge on any atom is -0.399 e. The van der Waals surface area contributed by atoms with Crippen molar-refractivity contribution in [3.8, 4) is 0 Å². The Kier molecular flexibility index (Phi) is 13.7. The first-order chi connectivity index (χ1) is 24.4. The normalized spacial score (nSPS) is 20.9. The lowest BCUT2D eigenvalue weighted by Crippen LogP contribution is -2.41. The van der Waals surface area contributed by atoms with Crippen LogP contribution in [-0.4, -0.2) is 66.9 Å². The van der Waals surface area contributed by atoms with E-state index >= 15 is 0 Å². The van der Waals surface area contributed by atoms with Gasteiger partial charge in [-0.05, 0) is 124 Å². The number of rotatable bonds is 5.